The van der Waals surface area contributed by atoms with E-state index in [2.05, 4.69) is 6.92 Å². The molecule has 5 nitrogen and oxygen atoms in total. The van der Waals surface area contributed by atoms with Crippen LogP contribution >= 0.6 is 0 Å². The zero-order chi connectivity index (χ0) is 34.5. The van der Waals surface area contributed by atoms with Gasteiger partial charge in [0.2, 0.25) is 5.78 Å². The number of aliphatic hydroxyl groups is 1. The van der Waals surface area contributed by atoms with Crippen molar-refractivity contribution in [3.05, 3.63) is 35.9 Å². The zero-order valence-corrected chi connectivity index (χ0v) is 29.7. The third-order valence-corrected chi connectivity index (χ3v) is 5.86. The number of alkyl halides is 2. The molecule has 0 bridgehead atoms. The zero-order valence-electron chi connectivity index (χ0n) is 29.7. The number of benzene rings is 1. The first kappa shape index (κ1) is 50.5. The minimum atomic E-state index is -3.17. The highest BCUT2D eigenvalue weighted by molar-refractivity contribution is 5.85. The first-order valence-corrected chi connectivity index (χ1v) is 16.9. The minimum absolute atomic E-state index is 0.0834. The highest BCUT2D eigenvalue weighted by atomic mass is 19.3. The van der Waals surface area contributed by atoms with Gasteiger partial charge < -0.3 is 9.84 Å². The van der Waals surface area contributed by atoms with Crippen molar-refractivity contribution in [1.82, 2.24) is 0 Å². The van der Waals surface area contributed by atoms with Gasteiger partial charge >= 0.3 is 11.9 Å². The fourth-order valence-corrected chi connectivity index (χ4v) is 3.70. The highest BCUT2D eigenvalue weighted by Crippen LogP contribution is 2.30. The molecule has 0 aliphatic heterocycles. The molecule has 0 amide bonds. The molecule has 1 N–H and O–H groups in total. The lowest BCUT2D eigenvalue weighted by Crippen LogP contribution is -2.28. The van der Waals surface area contributed by atoms with E-state index in [-0.39, 0.29) is 30.5 Å². The molecule has 1 aliphatic rings. The van der Waals surface area contributed by atoms with Crippen molar-refractivity contribution in [2.24, 2.45) is 5.92 Å². The molecular weight excluding hydrogens is 550 g/mol. The van der Waals surface area contributed by atoms with Crippen LogP contribution in [0.5, 0.6) is 0 Å². The van der Waals surface area contributed by atoms with E-state index in [0.717, 1.165) is 31.9 Å². The Labute approximate surface area is 264 Å². The van der Waals surface area contributed by atoms with E-state index in [9.17, 15) is 23.2 Å². The van der Waals surface area contributed by atoms with Gasteiger partial charge in [-0.2, -0.15) is 8.78 Å². The molecule has 256 valence electrons. The summed E-state index contributed by atoms with van der Waals surface area (Å²) in [7, 11) is 1.00. The van der Waals surface area contributed by atoms with Gasteiger partial charge in [-0.1, -0.05) is 125 Å². The van der Waals surface area contributed by atoms with Crippen LogP contribution in [0.2, 0.25) is 0 Å². The number of esters is 1. The number of hydrogen-bond donors (Lipinski definition) is 1. The van der Waals surface area contributed by atoms with Crippen molar-refractivity contribution >= 4 is 17.5 Å². The molecule has 1 saturated carbocycles. The van der Waals surface area contributed by atoms with Gasteiger partial charge in [-0.15, -0.1) is 0 Å². The molecule has 43 heavy (non-hydrogen) atoms. The number of aliphatic hydroxyl groups excluding tert-OH is 1. The number of ketones is 2. The predicted octanol–water partition coefficient (Wildman–Crippen LogP) is 10.9. The van der Waals surface area contributed by atoms with Crippen LogP contribution in [0.1, 0.15) is 158 Å². The maximum atomic E-state index is 13.3. The number of halogens is 2. The van der Waals surface area contributed by atoms with Gasteiger partial charge in [0.25, 0.3) is 0 Å². The van der Waals surface area contributed by atoms with Crippen LogP contribution in [0, 0.1) is 5.92 Å². The monoisotopic (exact) mass is 619 g/mol. The smallest absolute Gasteiger partial charge is 0.306 e. The maximum absolute atomic E-state index is 13.3. The second-order valence-corrected chi connectivity index (χ2v) is 8.87. The molecule has 0 saturated heterocycles. The lowest BCUT2D eigenvalue weighted by Gasteiger charge is -2.15. The lowest BCUT2D eigenvalue weighted by molar-refractivity contribution is -0.145. The standard InChI is InChI=1S/C14H20O2.C13H20F2O2.4C2H6.CH4O/c1-2-3-4-8-11-14(15)16-12-13-9-6-5-7-10-13;1-2-3-8-13(14,15)12(17)7-5-10-4-6-11(16)9-10;5*1-2/h5-7,9-10H,2-4,8,11-12H2,1H3;10H,2-9H2,1H3;4*1-2H3;2H,1H3. The molecule has 2 rings (SSSR count). The molecule has 1 fully saturated rings. The Hall–Kier alpha value is -2.15. The normalized spacial score (nSPS) is 12.7. The van der Waals surface area contributed by atoms with E-state index < -0.39 is 11.7 Å². The molecule has 0 radical (unpaired) electrons. The number of carbonyl (C=O) groups is 3. The summed E-state index contributed by atoms with van der Waals surface area (Å²) in [6, 6.07) is 9.78. The van der Waals surface area contributed by atoms with Gasteiger partial charge in [-0.25, -0.2) is 0 Å². The molecule has 1 aliphatic carbocycles. The fourth-order valence-electron chi connectivity index (χ4n) is 3.70. The Kier molecular flexibility index (Phi) is 46.8. The second-order valence-electron chi connectivity index (χ2n) is 8.87. The predicted molar refractivity (Wildman–Crippen MR) is 180 cm³/mol. The van der Waals surface area contributed by atoms with Crippen molar-refractivity contribution in [3.8, 4) is 0 Å². The van der Waals surface area contributed by atoms with Gasteiger partial charge in [0.1, 0.15) is 12.4 Å². The van der Waals surface area contributed by atoms with Crippen LogP contribution in [-0.4, -0.2) is 35.7 Å². The van der Waals surface area contributed by atoms with Crippen LogP contribution in [-0.2, 0) is 25.7 Å². The average molecular weight is 619 g/mol. The quantitative estimate of drug-likeness (QED) is 0.166. The van der Waals surface area contributed by atoms with Crippen molar-refractivity contribution in [3.63, 3.8) is 0 Å². The molecule has 7 heteroatoms. The molecule has 0 spiro atoms. The first-order chi connectivity index (χ1) is 20.8. The summed E-state index contributed by atoms with van der Waals surface area (Å²) in [5.74, 6) is -3.86. The van der Waals surface area contributed by atoms with Gasteiger partial charge in [0.15, 0.2) is 0 Å². The molecule has 1 unspecified atom stereocenters. The summed E-state index contributed by atoms with van der Waals surface area (Å²) in [6.45, 7) is 20.4. The lowest BCUT2D eigenvalue weighted by atomic mass is 9.96. The number of unbranched alkanes of at least 4 members (excludes halogenated alkanes) is 4. The summed E-state index contributed by atoms with van der Waals surface area (Å²) in [5.41, 5.74) is 1.05. The Balaban J connectivity index is -0.000000173. The summed E-state index contributed by atoms with van der Waals surface area (Å²) >= 11 is 0. The van der Waals surface area contributed by atoms with Gasteiger partial charge in [-0.05, 0) is 37.2 Å². The van der Waals surface area contributed by atoms with E-state index in [0.29, 0.717) is 45.1 Å². The van der Waals surface area contributed by atoms with Crippen LogP contribution in [0.25, 0.3) is 0 Å². The number of Topliss-reactive ketones (excluding diaryl/α,β-unsaturated/α-hetero) is 2. The van der Waals surface area contributed by atoms with Crippen molar-refractivity contribution in [2.45, 2.75) is 165 Å². The van der Waals surface area contributed by atoms with Gasteiger partial charge in [-0.3, -0.25) is 14.4 Å². The molecular formula is C36H68F2O5. The number of hydrogen-bond acceptors (Lipinski definition) is 5. The van der Waals surface area contributed by atoms with E-state index >= 15 is 0 Å². The Bertz CT molecular complexity index is 709. The third kappa shape index (κ3) is 32.6. The van der Waals surface area contributed by atoms with Crippen LogP contribution in [0.3, 0.4) is 0 Å². The van der Waals surface area contributed by atoms with E-state index in [1.807, 2.05) is 92.6 Å². The minimum Gasteiger partial charge on any atom is -0.461 e. The van der Waals surface area contributed by atoms with Gasteiger partial charge in [0.05, 0.1) is 0 Å². The fraction of sp³-hybridized carbons (Fsp3) is 0.750. The summed E-state index contributed by atoms with van der Waals surface area (Å²) in [4.78, 5) is 33.7. The maximum Gasteiger partial charge on any atom is 0.306 e. The van der Waals surface area contributed by atoms with Crippen molar-refractivity contribution in [2.75, 3.05) is 7.11 Å². The number of carbonyl (C=O) groups excluding carboxylic acids is 3. The summed E-state index contributed by atoms with van der Waals surface area (Å²) in [6.07, 6.45) is 7.83. The molecule has 0 aromatic heterocycles. The van der Waals surface area contributed by atoms with E-state index in [1.54, 1.807) is 0 Å². The third-order valence-electron chi connectivity index (χ3n) is 5.86. The van der Waals surface area contributed by atoms with Crippen LogP contribution in [0.4, 0.5) is 8.78 Å². The summed E-state index contributed by atoms with van der Waals surface area (Å²) < 4.78 is 31.8. The van der Waals surface area contributed by atoms with Crippen LogP contribution in [0.15, 0.2) is 30.3 Å². The first-order valence-electron chi connectivity index (χ1n) is 16.9. The van der Waals surface area contributed by atoms with Crippen molar-refractivity contribution < 1.29 is 33.0 Å². The molecule has 1 aromatic carbocycles. The molecule has 1 aromatic rings. The Morgan fingerprint density at radius 1 is 0.837 bits per heavy atom. The Morgan fingerprint density at radius 2 is 1.37 bits per heavy atom. The second kappa shape index (κ2) is 39.8. The Morgan fingerprint density at radius 3 is 1.84 bits per heavy atom. The molecule has 0 heterocycles. The largest absolute Gasteiger partial charge is 0.461 e. The average Bonchev–Trinajstić information content (AvgIpc) is 3.50. The number of ether oxygens (including phenoxy) is 1. The topological polar surface area (TPSA) is 80.7 Å². The van der Waals surface area contributed by atoms with Gasteiger partial charge in [0, 0.05) is 39.2 Å². The highest BCUT2D eigenvalue weighted by Gasteiger charge is 2.37. The van der Waals surface area contributed by atoms with E-state index in [1.165, 1.54) is 12.8 Å². The van der Waals surface area contributed by atoms with Crippen molar-refractivity contribution in [1.29, 1.82) is 0 Å². The van der Waals surface area contributed by atoms with Crippen LogP contribution < -0.4 is 0 Å². The SMILES string of the molecule is CC.CC.CC.CC.CCCCC(F)(F)C(=O)CCC1CCC(=O)C1.CCCCCCC(=O)OCc1ccccc1.CO. The number of rotatable bonds is 14. The summed E-state index contributed by atoms with van der Waals surface area (Å²) in [5, 5.41) is 7.00. The molecule has 1 atom stereocenters. The van der Waals surface area contributed by atoms with E-state index in [4.69, 9.17) is 9.84 Å².